The highest BCUT2D eigenvalue weighted by molar-refractivity contribution is 5.84. The van der Waals surface area contributed by atoms with Crippen molar-refractivity contribution in [3.05, 3.63) is 0 Å². The van der Waals surface area contributed by atoms with E-state index in [4.69, 9.17) is 20.8 Å². The van der Waals surface area contributed by atoms with Crippen LogP contribution in [0.1, 0.15) is 33.6 Å². The Hall–Kier alpha value is -2.07. The Labute approximate surface area is 136 Å². The van der Waals surface area contributed by atoms with Crippen molar-refractivity contribution in [2.45, 2.75) is 45.3 Å². The molecule has 23 heavy (non-hydrogen) atoms. The van der Waals surface area contributed by atoms with E-state index in [2.05, 4.69) is 16.1 Å². The minimum Gasteiger partial charge on any atom is -0.444 e. The molecule has 0 aliphatic heterocycles. The first-order chi connectivity index (χ1) is 10.6. The van der Waals surface area contributed by atoms with Crippen molar-refractivity contribution in [2.75, 3.05) is 20.7 Å². The lowest BCUT2D eigenvalue weighted by atomic mass is 10.1. The van der Waals surface area contributed by atoms with Crippen LogP contribution in [0.5, 0.6) is 0 Å². The lowest BCUT2D eigenvalue weighted by Gasteiger charge is -2.25. The first-order valence-electron chi connectivity index (χ1n) is 7.21. The molecule has 0 spiro atoms. The van der Waals surface area contributed by atoms with E-state index in [0.29, 0.717) is 19.4 Å². The van der Waals surface area contributed by atoms with Gasteiger partial charge >= 0.3 is 6.09 Å². The summed E-state index contributed by atoms with van der Waals surface area (Å²) in [6.07, 6.45) is 0.189. The van der Waals surface area contributed by atoms with Gasteiger partial charge in [-0.05, 0) is 33.6 Å². The van der Waals surface area contributed by atoms with Gasteiger partial charge in [-0.25, -0.2) is 15.7 Å². The van der Waals surface area contributed by atoms with Crippen LogP contribution < -0.4 is 21.9 Å². The second-order valence-electron chi connectivity index (χ2n) is 5.81. The Morgan fingerprint density at radius 2 is 1.96 bits per heavy atom. The maximum atomic E-state index is 12.2. The Balaban J connectivity index is 4.60. The molecule has 0 bridgehead atoms. The summed E-state index contributed by atoms with van der Waals surface area (Å²) >= 11 is 0. The molecule has 0 aliphatic rings. The van der Waals surface area contributed by atoms with Gasteiger partial charge in [0.1, 0.15) is 11.6 Å². The quantitative estimate of drug-likeness (QED) is 0.141. The van der Waals surface area contributed by atoms with Crippen LogP contribution in [0.25, 0.3) is 0 Å². The Kier molecular flexibility index (Phi) is 8.96. The number of ether oxygens (including phenoxy) is 1. The van der Waals surface area contributed by atoms with Gasteiger partial charge in [-0.1, -0.05) is 0 Å². The van der Waals surface area contributed by atoms with Crippen LogP contribution in [0.3, 0.4) is 0 Å². The highest BCUT2D eigenvalue weighted by Gasteiger charge is 2.26. The van der Waals surface area contributed by atoms with Gasteiger partial charge in [-0.2, -0.15) is 0 Å². The van der Waals surface area contributed by atoms with E-state index >= 15 is 0 Å². The number of hydrogen-bond donors (Lipinski definition) is 5. The number of nitrogens with zero attached hydrogens (tertiary/aromatic N) is 1. The van der Waals surface area contributed by atoms with Crippen LogP contribution in [0.15, 0.2) is 0 Å². The van der Waals surface area contributed by atoms with Gasteiger partial charge < -0.3 is 15.4 Å². The van der Waals surface area contributed by atoms with Gasteiger partial charge in [-0.15, -0.1) is 0 Å². The predicted octanol–water partition coefficient (Wildman–Crippen LogP) is -0.333. The molecule has 0 radical (unpaired) electrons. The minimum atomic E-state index is -0.795. The summed E-state index contributed by atoms with van der Waals surface area (Å²) in [6, 6.07) is -0.795. The lowest BCUT2D eigenvalue weighted by molar-refractivity contribution is -0.171. The third kappa shape index (κ3) is 9.53. The van der Waals surface area contributed by atoms with E-state index in [1.165, 1.54) is 14.2 Å². The molecule has 10 heteroatoms. The number of hydrazine groups is 1. The lowest BCUT2D eigenvalue weighted by Crippen LogP contribution is -2.48. The van der Waals surface area contributed by atoms with Gasteiger partial charge in [0.05, 0.1) is 7.11 Å². The van der Waals surface area contributed by atoms with Crippen LogP contribution in [0.4, 0.5) is 4.79 Å². The molecular formula is C13H28N6O4. The summed E-state index contributed by atoms with van der Waals surface area (Å²) < 4.78 is 5.16. The third-order valence-corrected chi connectivity index (χ3v) is 2.69. The summed E-state index contributed by atoms with van der Waals surface area (Å²) in [5.41, 5.74) is 1.49. The molecule has 0 fully saturated rings. The molecule has 0 aromatic carbocycles. The number of rotatable bonds is 7. The summed E-state index contributed by atoms with van der Waals surface area (Å²) in [6.45, 7) is 5.62. The van der Waals surface area contributed by atoms with Gasteiger partial charge in [0.2, 0.25) is 5.96 Å². The van der Waals surface area contributed by atoms with Crippen LogP contribution in [-0.4, -0.2) is 55.4 Å². The van der Waals surface area contributed by atoms with Gasteiger partial charge in [0, 0.05) is 13.6 Å². The van der Waals surface area contributed by atoms with Crippen molar-refractivity contribution in [1.82, 2.24) is 21.1 Å². The minimum absolute atomic E-state index is 0.0259. The third-order valence-electron chi connectivity index (χ3n) is 2.69. The fourth-order valence-corrected chi connectivity index (χ4v) is 1.59. The fourth-order valence-electron chi connectivity index (χ4n) is 1.59. The Morgan fingerprint density at radius 3 is 2.43 bits per heavy atom. The zero-order valence-electron chi connectivity index (χ0n) is 14.4. The summed E-state index contributed by atoms with van der Waals surface area (Å²) in [5, 5.41) is 13.6. The normalized spacial score (nSPS) is 12.1. The van der Waals surface area contributed by atoms with Crippen LogP contribution in [-0.2, 0) is 14.4 Å². The van der Waals surface area contributed by atoms with Crippen molar-refractivity contribution < 1.29 is 19.2 Å². The SMILES string of the molecule is CON(C)C(=O)[C@H](CCCNC(=N)NN)NC(=O)OC(C)(C)C. The summed E-state index contributed by atoms with van der Waals surface area (Å²) in [7, 11) is 2.82. The molecule has 0 aliphatic carbocycles. The smallest absolute Gasteiger partial charge is 0.408 e. The number of carbonyl (C=O) groups excluding carboxylic acids is 2. The molecule has 0 saturated heterocycles. The molecule has 0 saturated carbocycles. The first-order valence-corrected chi connectivity index (χ1v) is 7.21. The zero-order chi connectivity index (χ0) is 18.0. The number of alkyl carbamates (subject to hydrolysis) is 1. The number of guanidine groups is 1. The molecule has 0 heterocycles. The number of likely N-dealkylation sites (N-methyl/N-ethyl adjacent to an activating group) is 1. The number of nitrogens with two attached hydrogens (primary N) is 1. The molecule has 2 amide bonds. The number of hydrogen-bond acceptors (Lipinski definition) is 6. The number of amides is 2. The van der Waals surface area contributed by atoms with Crippen molar-refractivity contribution in [3.63, 3.8) is 0 Å². The Bertz CT molecular complexity index is 410. The maximum absolute atomic E-state index is 12.2. The zero-order valence-corrected chi connectivity index (χ0v) is 14.4. The van der Waals surface area contributed by atoms with E-state index in [1.807, 2.05) is 0 Å². The number of carbonyl (C=O) groups is 2. The van der Waals surface area contributed by atoms with Gasteiger partial charge in [-0.3, -0.25) is 20.5 Å². The number of hydroxylamine groups is 2. The van der Waals surface area contributed by atoms with E-state index in [0.717, 1.165) is 5.06 Å². The Morgan fingerprint density at radius 1 is 1.35 bits per heavy atom. The van der Waals surface area contributed by atoms with E-state index < -0.39 is 23.6 Å². The monoisotopic (exact) mass is 332 g/mol. The largest absolute Gasteiger partial charge is 0.444 e. The second-order valence-corrected chi connectivity index (χ2v) is 5.81. The highest BCUT2D eigenvalue weighted by atomic mass is 16.7. The molecule has 0 rings (SSSR count). The molecule has 134 valence electrons. The number of nitrogens with one attached hydrogen (secondary N) is 4. The molecule has 0 aromatic heterocycles. The first kappa shape index (κ1) is 20.9. The topological polar surface area (TPSA) is 142 Å². The average Bonchev–Trinajstić information content (AvgIpc) is 2.46. The van der Waals surface area contributed by atoms with Crippen LogP contribution in [0, 0.1) is 5.41 Å². The molecule has 6 N–H and O–H groups in total. The van der Waals surface area contributed by atoms with Gasteiger partial charge in [0.15, 0.2) is 0 Å². The van der Waals surface area contributed by atoms with Crippen LogP contribution in [0.2, 0.25) is 0 Å². The predicted molar refractivity (Wildman–Crippen MR) is 85.2 cm³/mol. The van der Waals surface area contributed by atoms with Crippen LogP contribution >= 0.6 is 0 Å². The molecule has 0 aromatic rings. The van der Waals surface area contributed by atoms with E-state index in [1.54, 1.807) is 20.8 Å². The molecule has 0 unspecified atom stereocenters. The summed E-state index contributed by atoms with van der Waals surface area (Å²) in [4.78, 5) is 28.9. The van der Waals surface area contributed by atoms with Crippen molar-refractivity contribution >= 4 is 18.0 Å². The molecule has 10 nitrogen and oxygen atoms in total. The second kappa shape index (κ2) is 9.85. The standard InChI is InChI=1S/C13H28N6O4/c1-13(2,3)23-12(21)17-9(10(20)19(4)22-5)7-6-8-16-11(14)18-15/h9H,6-8,15H2,1-5H3,(H,17,21)(H3,14,16,18)/t9-/m0/s1. The van der Waals surface area contributed by atoms with Crippen molar-refractivity contribution in [3.8, 4) is 0 Å². The fraction of sp³-hybridized carbons (Fsp3) is 0.769. The van der Waals surface area contributed by atoms with Crippen molar-refractivity contribution in [1.29, 1.82) is 5.41 Å². The molecular weight excluding hydrogens is 304 g/mol. The summed E-state index contributed by atoms with van der Waals surface area (Å²) in [5.74, 6) is 4.63. The van der Waals surface area contributed by atoms with E-state index in [-0.39, 0.29) is 5.96 Å². The highest BCUT2D eigenvalue weighted by Crippen LogP contribution is 2.08. The van der Waals surface area contributed by atoms with Gasteiger partial charge in [0.25, 0.3) is 5.91 Å². The molecule has 1 atom stereocenters. The van der Waals surface area contributed by atoms with Crippen molar-refractivity contribution in [2.24, 2.45) is 5.84 Å². The maximum Gasteiger partial charge on any atom is 0.408 e. The average molecular weight is 332 g/mol. The van der Waals surface area contributed by atoms with E-state index in [9.17, 15) is 9.59 Å².